The Morgan fingerprint density at radius 3 is 2.44 bits per heavy atom. The first-order valence-electron chi connectivity index (χ1n) is 9.19. The molecule has 13 heteroatoms. The minimum absolute atomic E-state index is 0.0564. The van der Waals surface area contributed by atoms with E-state index in [-0.39, 0.29) is 20.7 Å². The number of carbonyl (C=O) groups is 1. The molecule has 0 unspecified atom stereocenters. The Morgan fingerprint density at radius 1 is 1.12 bits per heavy atom. The van der Waals surface area contributed by atoms with Gasteiger partial charge in [-0.05, 0) is 55.5 Å². The molecule has 1 amide bonds. The summed E-state index contributed by atoms with van der Waals surface area (Å²) in [5.41, 5.74) is 1.18. The highest BCUT2D eigenvalue weighted by atomic mass is 32.2. The summed E-state index contributed by atoms with van der Waals surface area (Å²) in [4.78, 5) is 12.2. The van der Waals surface area contributed by atoms with Crippen LogP contribution in [0.4, 0.5) is 11.4 Å². The number of thiophene rings is 1. The topological polar surface area (TPSA) is 161 Å². The second-order valence-corrected chi connectivity index (χ2v) is 11.2. The van der Waals surface area contributed by atoms with E-state index in [2.05, 4.69) is 15.2 Å². The van der Waals surface area contributed by atoms with Gasteiger partial charge in [0.15, 0.2) is 5.76 Å². The van der Waals surface area contributed by atoms with Crippen molar-refractivity contribution in [1.82, 2.24) is 5.16 Å². The zero-order valence-electron chi connectivity index (χ0n) is 17.0. The number of benzene rings is 1. The first-order valence-corrected chi connectivity index (χ1v) is 13.0. The normalized spacial score (nSPS) is 12.2. The fourth-order valence-corrected chi connectivity index (χ4v) is 5.33. The molecule has 0 aliphatic rings. The molecule has 2 heterocycles. The van der Waals surface area contributed by atoms with Crippen molar-refractivity contribution in [3.63, 3.8) is 0 Å². The van der Waals surface area contributed by atoms with Crippen LogP contribution in [-0.2, 0) is 24.8 Å². The molecule has 0 saturated heterocycles. The van der Waals surface area contributed by atoms with E-state index in [1.807, 2.05) is 0 Å². The van der Waals surface area contributed by atoms with Crippen molar-refractivity contribution in [1.29, 1.82) is 0 Å². The molecule has 10 nitrogen and oxygen atoms in total. The summed E-state index contributed by atoms with van der Waals surface area (Å²) in [5, 5.41) is 11.6. The Kier molecular flexibility index (Phi) is 6.83. The van der Waals surface area contributed by atoms with Crippen molar-refractivity contribution in [3.8, 4) is 0 Å². The number of hydrogen-bond donors (Lipinski definition) is 3. The first kappa shape index (κ1) is 23.7. The molecule has 170 valence electrons. The van der Waals surface area contributed by atoms with Crippen LogP contribution < -0.4 is 15.2 Å². The van der Waals surface area contributed by atoms with Crippen LogP contribution in [0.5, 0.6) is 0 Å². The van der Waals surface area contributed by atoms with Crippen LogP contribution in [0.1, 0.15) is 29.7 Å². The number of amides is 1. The fraction of sp³-hybridized carbons (Fsp3) is 0.158. The largest absolute Gasteiger partial charge is 0.354 e. The van der Waals surface area contributed by atoms with Gasteiger partial charge in [-0.2, -0.15) is 0 Å². The zero-order valence-corrected chi connectivity index (χ0v) is 19.5. The van der Waals surface area contributed by atoms with Gasteiger partial charge in [-0.1, -0.05) is 12.1 Å². The van der Waals surface area contributed by atoms with Gasteiger partial charge < -0.3 is 9.84 Å². The van der Waals surface area contributed by atoms with Gasteiger partial charge in [0.1, 0.15) is 15.6 Å². The molecular formula is C19H20N4O6S3. The standard InChI is InChI=1S/C19H20N4O6S3/c1-3-17(24)21-19-12(2)22-29-16(19)10-6-14-7-11-18(30-14)32(27,28)23-13-4-8-15(9-5-13)31(20,25)26/h4-11,23H,3H2,1-2H3,(H,21,24)(H2,20,25,26). The van der Waals surface area contributed by atoms with Crippen LogP contribution in [0.25, 0.3) is 12.2 Å². The minimum atomic E-state index is -3.89. The molecule has 3 rings (SSSR count). The van der Waals surface area contributed by atoms with E-state index in [1.165, 1.54) is 30.3 Å². The smallest absolute Gasteiger partial charge is 0.271 e. The average Bonchev–Trinajstić information content (AvgIpc) is 3.34. The number of hydrogen-bond acceptors (Lipinski definition) is 8. The number of aromatic nitrogens is 1. The summed E-state index contributed by atoms with van der Waals surface area (Å²) >= 11 is 1.01. The molecule has 0 fully saturated rings. The summed E-state index contributed by atoms with van der Waals surface area (Å²) < 4.78 is 55.6. The monoisotopic (exact) mass is 496 g/mol. The van der Waals surface area contributed by atoms with Gasteiger partial charge >= 0.3 is 0 Å². The summed E-state index contributed by atoms with van der Waals surface area (Å²) in [5.74, 6) is 0.161. The second kappa shape index (κ2) is 9.24. The highest BCUT2D eigenvalue weighted by Crippen LogP contribution is 2.28. The number of nitrogens with zero attached hydrogens (tertiary/aromatic N) is 1. The highest BCUT2D eigenvalue weighted by molar-refractivity contribution is 7.94. The first-order chi connectivity index (χ1) is 15.0. The number of sulfonamides is 2. The van der Waals surface area contributed by atoms with Crippen molar-refractivity contribution in [2.75, 3.05) is 10.0 Å². The number of rotatable bonds is 8. The van der Waals surface area contributed by atoms with Crippen LogP contribution in [0.15, 0.2) is 50.0 Å². The van der Waals surface area contributed by atoms with Crippen LogP contribution in [0, 0.1) is 6.92 Å². The van der Waals surface area contributed by atoms with E-state index < -0.39 is 20.0 Å². The minimum Gasteiger partial charge on any atom is -0.354 e. The van der Waals surface area contributed by atoms with E-state index in [0.717, 1.165) is 11.3 Å². The molecule has 0 bridgehead atoms. The van der Waals surface area contributed by atoms with Crippen molar-refractivity contribution in [2.24, 2.45) is 5.14 Å². The quantitative estimate of drug-likeness (QED) is 0.432. The molecule has 0 saturated carbocycles. The predicted molar refractivity (Wildman–Crippen MR) is 122 cm³/mol. The third-order valence-corrected chi connectivity index (χ3v) is 8.03. The zero-order chi connectivity index (χ0) is 23.5. The third-order valence-electron chi connectivity index (χ3n) is 4.18. The molecule has 4 N–H and O–H groups in total. The molecule has 2 aromatic heterocycles. The van der Waals surface area contributed by atoms with Crippen LogP contribution in [0.3, 0.4) is 0 Å². The maximum absolute atomic E-state index is 12.6. The van der Waals surface area contributed by atoms with Crippen LogP contribution in [-0.4, -0.2) is 27.9 Å². The molecule has 0 atom stereocenters. The van der Waals surface area contributed by atoms with E-state index >= 15 is 0 Å². The summed E-state index contributed by atoms with van der Waals surface area (Å²) in [6.07, 6.45) is 3.54. The molecule has 0 aliphatic heterocycles. The van der Waals surface area contributed by atoms with Crippen LogP contribution in [0.2, 0.25) is 0 Å². The Balaban J connectivity index is 1.76. The number of anilines is 2. The lowest BCUT2D eigenvalue weighted by Crippen LogP contribution is -2.13. The number of carbonyl (C=O) groups excluding carboxylic acids is 1. The van der Waals surface area contributed by atoms with Gasteiger partial charge in [-0.25, -0.2) is 22.0 Å². The van der Waals surface area contributed by atoms with E-state index in [4.69, 9.17) is 9.66 Å². The highest BCUT2D eigenvalue weighted by Gasteiger charge is 2.18. The lowest BCUT2D eigenvalue weighted by molar-refractivity contribution is -0.115. The lowest BCUT2D eigenvalue weighted by Gasteiger charge is -2.06. The van der Waals surface area contributed by atoms with Crippen LogP contribution >= 0.6 is 11.3 Å². The Morgan fingerprint density at radius 2 is 1.81 bits per heavy atom. The molecular weight excluding hydrogens is 476 g/mol. The van der Waals surface area contributed by atoms with E-state index in [0.29, 0.717) is 28.4 Å². The summed E-state index contributed by atoms with van der Waals surface area (Å²) in [6, 6.07) is 8.10. The molecule has 1 aromatic carbocycles. The van der Waals surface area contributed by atoms with E-state index in [9.17, 15) is 21.6 Å². The van der Waals surface area contributed by atoms with Gasteiger partial charge in [-0.3, -0.25) is 9.52 Å². The molecule has 32 heavy (non-hydrogen) atoms. The number of nitrogens with one attached hydrogen (secondary N) is 2. The SMILES string of the molecule is CCC(=O)Nc1c(C)noc1C=Cc1ccc(S(=O)(=O)Nc2ccc(S(N)(=O)=O)cc2)s1. The Hall–Kier alpha value is -3.00. The van der Waals surface area contributed by atoms with Crippen molar-refractivity contribution in [2.45, 2.75) is 29.4 Å². The summed E-state index contributed by atoms with van der Waals surface area (Å²) in [7, 11) is -7.76. The van der Waals surface area contributed by atoms with Crippen molar-refractivity contribution < 1.29 is 26.2 Å². The number of primary sulfonamides is 1. The van der Waals surface area contributed by atoms with Gasteiger partial charge in [0.05, 0.1) is 4.90 Å². The molecule has 0 radical (unpaired) electrons. The predicted octanol–water partition coefficient (Wildman–Crippen LogP) is 3.01. The maximum Gasteiger partial charge on any atom is 0.271 e. The van der Waals surface area contributed by atoms with Crippen molar-refractivity contribution >= 4 is 60.8 Å². The Labute approximate surface area is 189 Å². The lowest BCUT2D eigenvalue weighted by atomic mass is 10.2. The van der Waals surface area contributed by atoms with Gasteiger partial charge in [0.25, 0.3) is 10.0 Å². The van der Waals surface area contributed by atoms with Gasteiger partial charge in [0, 0.05) is 17.0 Å². The van der Waals surface area contributed by atoms with E-state index in [1.54, 1.807) is 32.1 Å². The van der Waals surface area contributed by atoms with Crippen molar-refractivity contribution in [3.05, 3.63) is 52.7 Å². The second-order valence-electron chi connectivity index (χ2n) is 6.57. The summed E-state index contributed by atoms with van der Waals surface area (Å²) in [6.45, 7) is 3.42. The third kappa shape index (κ3) is 5.62. The number of nitrogens with two attached hydrogens (primary N) is 1. The van der Waals surface area contributed by atoms with Gasteiger partial charge in [-0.15, -0.1) is 11.3 Å². The molecule has 0 spiro atoms. The molecule has 3 aromatic rings. The average molecular weight is 497 g/mol. The molecule has 0 aliphatic carbocycles. The fourth-order valence-electron chi connectivity index (χ4n) is 2.53. The Bertz CT molecular complexity index is 1370. The number of aryl methyl sites for hydroxylation is 1. The maximum atomic E-state index is 12.6. The van der Waals surface area contributed by atoms with Gasteiger partial charge in [0.2, 0.25) is 15.9 Å².